The van der Waals surface area contributed by atoms with E-state index < -0.39 is 0 Å². The number of benzene rings is 2. The van der Waals surface area contributed by atoms with Crippen LogP contribution in [0.2, 0.25) is 0 Å². The summed E-state index contributed by atoms with van der Waals surface area (Å²) in [6.45, 7) is 2.05. The fourth-order valence-electron chi connectivity index (χ4n) is 2.33. The molecule has 2 aromatic rings. The van der Waals surface area contributed by atoms with Gasteiger partial charge in [-0.05, 0) is 24.5 Å². The van der Waals surface area contributed by atoms with Gasteiger partial charge in [0.05, 0.1) is 11.5 Å². The summed E-state index contributed by atoms with van der Waals surface area (Å²) in [5.41, 5.74) is 3.33. The van der Waals surface area contributed by atoms with E-state index in [1.165, 1.54) is 17.3 Å². The van der Waals surface area contributed by atoms with Gasteiger partial charge in [0.25, 0.3) is 0 Å². The summed E-state index contributed by atoms with van der Waals surface area (Å²) >= 11 is 1.43. The maximum atomic E-state index is 12.0. The molecule has 0 aliphatic carbocycles. The van der Waals surface area contributed by atoms with E-state index in [0.717, 1.165) is 11.1 Å². The molecule has 0 aromatic heterocycles. The molecule has 116 valence electrons. The number of nitrogens with one attached hydrogen (secondary N) is 1. The first-order valence-electron chi connectivity index (χ1n) is 7.40. The van der Waals surface area contributed by atoms with Crippen molar-refractivity contribution in [2.75, 3.05) is 0 Å². The number of carbonyl (C=O) groups excluding carboxylic acids is 1. The van der Waals surface area contributed by atoms with Crippen molar-refractivity contribution in [2.45, 2.75) is 18.6 Å². The zero-order valence-corrected chi connectivity index (χ0v) is 13.6. The first kappa shape index (κ1) is 15.5. The molecule has 23 heavy (non-hydrogen) atoms. The van der Waals surface area contributed by atoms with Gasteiger partial charge in [0.1, 0.15) is 0 Å². The molecule has 0 bridgehead atoms. The van der Waals surface area contributed by atoms with Crippen molar-refractivity contribution in [3.63, 3.8) is 0 Å². The second-order valence-electron chi connectivity index (χ2n) is 5.35. The lowest BCUT2D eigenvalue weighted by Gasteiger charge is -2.05. The van der Waals surface area contributed by atoms with Gasteiger partial charge in [-0.15, -0.1) is 5.10 Å². The predicted molar refractivity (Wildman–Crippen MR) is 95.9 cm³/mol. The highest BCUT2D eigenvalue weighted by Crippen LogP contribution is 2.23. The largest absolute Gasteiger partial charge is 0.303 e. The average Bonchev–Trinajstić information content (AvgIpc) is 2.88. The monoisotopic (exact) mass is 323 g/mol. The number of aryl methyl sites for hydroxylation is 1. The molecule has 1 heterocycles. The number of rotatable bonds is 4. The minimum Gasteiger partial charge on any atom is -0.303 e. The predicted octanol–water partition coefficient (Wildman–Crippen LogP) is 3.16. The van der Waals surface area contributed by atoms with Crippen molar-refractivity contribution in [1.29, 1.82) is 0 Å². The molecule has 2 aromatic carbocycles. The Morgan fingerprint density at radius 2 is 2.00 bits per heavy atom. The van der Waals surface area contributed by atoms with Gasteiger partial charge in [0, 0.05) is 0 Å². The van der Waals surface area contributed by atoms with Crippen molar-refractivity contribution in [1.82, 2.24) is 5.32 Å². The van der Waals surface area contributed by atoms with Crippen LogP contribution in [0, 0.1) is 6.92 Å². The molecule has 0 spiro atoms. The van der Waals surface area contributed by atoms with E-state index in [0.29, 0.717) is 11.6 Å². The zero-order valence-electron chi connectivity index (χ0n) is 12.8. The summed E-state index contributed by atoms with van der Waals surface area (Å²) in [4.78, 5) is 12.0. The second-order valence-corrected chi connectivity index (χ2v) is 6.54. The lowest BCUT2D eigenvalue weighted by molar-refractivity contribution is -0.118. The fourth-order valence-corrected chi connectivity index (χ4v) is 3.29. The van der Waals surface area contributed by atoms with Crippen LogP contribution in [0.4, 0.5) is 0 Å². The van der Waals surface area contributed by atoms with Gasteiger partial charge in [-0.2, -0.15) is 5.10 Å². The van der Waals surface area contributed by atoms with E-state index in [2.05, 4.69) is 34.6 Å². The molecule has 5 heteroatoms. The first-order valence-corrected chi connectivity index (χ1v) is 8.28. The molecule has 1 fully saturated rings. The summed E-state index contributed by atoms with van der Waals surface area (Å²) in [5, 5.41) is 11.3. The SMILES string of the molecule is Cc1cccc(CC2S/C(=N/N=C/c3ccccc3)NC2=O)c1. The molecule has 1 atom stereocenters. The summed E-state index contributed by atoms with van der Waals surface area (Å²) < 4.78 is 0. The highest BCUT2D eigenvalue weighted by Gasteiger charge is 2.30. The third-order valence-corrected chi connectivity index (χ3v) is 4.51. The second kappa shape index (κ2) is 7.24. The van der Waals surface area contributed by atoms with E-state index >= 15 is 0 Å². The summed E-state index contributed by atoms with van der Waals surface area (Å²) in [6, 6.07) is 18.0. The van der Waals surface area contributed by atoms with Crippen LogP contribution in [0.25, 0.3) is 0 Å². The van der Waals surface area contributed by atoms with Crippen LogP contribution in [0.5, 0.6) is 0 Å². The molecule has 1 amide bonds. The van der Waals surface area contributed by atoms with Crippen molar-refractivity contribution in [2.24, 2.45) is 10.2 Å². The Labute approximate surface area is 139 Å². The van der Waals surface area contributed by atoms with Crippen LogP contribution in [0.3, 0.4) is 0 Å². The van der Waals surface area contributed by atoms with E-state index in [4.69, 9.17) is 0 Å². The molecule has 1 aliphatic rings. The van der Waals surface area contributed by atoms with E-state index in [-0.39, 0.29) is 11.2 Å². The summed E-state index contributed by atoms with van der Waals surface area (Å²) in [7, 11) is 0. The number of carbonyl (C=O) groups is 1. The topological polar surface area (TPSA) is 53.8 Å². The van der Waals surface area contributed by atoms with E-state index in [1.807, 2.05) is 42.5 Å². The fraction of sp³-hybridized carbons (Fsp3) is 0.167. The minimum atomic E-state index is -0.150. The number of amidine groups is 1. The molecule has 0 saturated carbocycles. The van der Waals surface area contributed by atoms with Crippen molar-refractivity contribution in [3.05, 3.63) is 71.3 Å². The molecule has 1 saturated heterocycles. The number of hydrogen-bond donors (Lipinski definition) is 1. The quantitative estimate of drug-likeness (QED) is 0.694. The Balaban J connectivity index is 1.63. The maximum absolute atomic E-state index is 12.0. The Kier molecular flexibility index (Phi) is 4.88. The standard InChI is InChI=1S/C18H17N3OS/c1-13-6-5-9-15(10-13)11-16-17(22)20-18(23-16)21-19-12-14-7-3-2-4-8-14/h2-10,12,16H,11H2,1H3,(H,20,21,22)/b19-12+. The van der Waals surface area contributed by atoms with E-state index in [1.54, 1.807) is 6.21 Å². The van der Waals surface area contributed by atoms with Gasteiger partial charge >= 0.3 is 0 Å². The highest BCUT2D eigenvalue weighted by atomic mass is 32.2. The summed E-state index contributed by atoms with van der Waals surface area (Å²) in [6.07, 6.45) is 2.37. The lowest BCUT2D eigenvalue weighted by atomic mass is 10.1. The van der Waals surface area contributed by atoms with E-state index in [9.17, 15) is 4.79 Å². The molecule has 1 unspecified atom stereocenters. The number of nitrogens with zero attached hydrogens (tertiary/aromatic N) is 2. The van der Waals surface area contributed by atoms with Gasteiger partial charge < -0.3 is 5.32 Å². The van der Waals surface area contributed by atoms with Gasteiger partial charge in [-0.3, -0.25) is 4.79 Å². The number of amides is 1. The third-order valence-electron chi connectivity index (χ3n) is 3.43. The van der Waals surface area contributed by atoms with Crippen LogP contribution >= 0.6 is 11.8 Å². The minimum absolute atomic E-state index is 0.00910. The average molecular weight is 323 g/mol. The molecule has 1 N–H and O–H groups in total. The van der Waals surface area contributed by atoms with Crippen molar-refractivity contribution >= 4 is 29.1 Å². The molecular formula is C18H17N3OS. The van der Waals surface area contributed by atoms with Gasteiger partial charge in [-0.25, -0.2) is 0 Å². The molecule has 3 rings (SSSR count). The van der Waals surface area contributed by atoms with Crippen LogP contribution in [-0.4, -0.2) is 22.5 Å². The third kappa shape index (κ3) is 4.29. The lowest BCUT2D eigenvalue weighted by Crippen LogP contribution is -2.25. The number of thioether (sulfide) groups is 1. The van der Waals surface area contributed by atoms with Crippen molar-refractivity contribution < 1.29 is 4.79 Å². The smallest absolute Gasteiger partial charge is 0.239 e. The highest BCUT2D eigenvalue weighted by molar-refractivity contribution is 8.15. The van der Waals surface area contributed by atoms with Crippen LogP contribution in [0.1, 0.15) is 16.7 Å². The van der Waals surface area contributed by atoms with Gasteiger partial charge in [-0.1, -0.05) is 71.9 Å². The van der Waals surface area contributed by atoms with Gasteiger partial charge in [0.15, 0.2) is 5.17 Å². The van der Waals surface area contributed by atoms with Crippen LogP contribution in [-0.2, 0) is 11.2 Å². The first-order chi connectivity index (χ1) is 11.2. The molecule has 1 aliphatic heterocycles. The molecule has 0 radical (unpaired) electrons. The number of hydrogen-bond acceptors (Lipinski definition) is 4. The van der Waals surface area contributed by atoms with Crippen LogP contribution < -0.4 is 5.32 Å². The Morgan fingerprint density at radius 3 is 2.78 bits per heavy atom. The Morgan fingerprint density at radius 1 is 1.17 bits per heavy atom. The Hall–Kier alpha value is -2.40. The van der Waals surface area contributed by atoms with Crippen molar-refractivity contribution in [3.8, 4) is 0 Å². The van der Waals surface area contributed by atoms with Gasteiger partial charge in [0.2, 0.25) is 5.91 Å². The van der Waals surface area contributed by atoms with Crippen LogP contribution in [0.15, 0.2) is 64.8 Å². The molecule has 4 nitrogen and oxygen atoms in total. The molecular weight excluding hydrogens is 306 g/mol. The zero-order chi connectivity index (χ0) is 16.1. The normalized spacial score (nSPS) is 19.4. The summed E-state index contributed by atoms with van der Waals surface area (Å²) in [5.74, 6) is -0.00910. The Bertz CT molecular complexity index is 756. The maximum Gasteiger partial charge on any atom is 0.239 e.